The molecule has 0 aliphatic carbocycles. The van der Waals surface area contributed by atoms with E-state index in [-0.39, 0.29) is 34.6 Å². The minimum atomic E-state index is -3.67. The summed E-state index contributed by atoms with van der Waals surface area (Å²) in [6.07, 6.45) is 3.92. The third kappa shape index (κ3) is 11.3. The zero-order valence-corrected chi connectivity index (χ0v) is 32.5. The summed E-state index contributed by atoms with van der Waals surface area (Å²) in [5, 5.41) is 2.95. The van der Waals surface area contributed by atoms with Gasteiger partial charge in [-0.3, -0.25) is 14.5 Å². The van der Waals surface area contributed by atoms with Crippen LogP contribution in [0.25, 0.3) is 0 Å². The number of likely N-dealkylation sites (tertiary alicyclic amines) is 1. The molecule has 2 heterocycles. The maximum atomic E-state index is 13.7. The van der Waals surface area contributed by atoms with Crippen molar-refractivity contribution in [3.8, 4) is 17.2 Å². The van der Waals surface area contributed by atoms with Crippen molar-refractivity contribution in [1.82, 2.24) is 9.88 Å². The molecule has 278 valence electrons. The fourth-order valence-corrected chi connectivity index (χ4v) is 7.29. The third-order valence-electron chi connectivity index (χ3n) is 8.46. The lowest BCUT2D eigenvalue weighted by Crippen LogP contribution is -2.42. The first-order valence-electron chi connectivity index (χ1n) is 17.5. The van der Waals surface area contributed by atoms with E-state index in [2.05, 4.69) is 15.0 Å². The molecule has 1 aliphatic rings. The van der Waals surface area contributed by atoms with Crippen LogP contribution in [0.2, 0.25) is 0 Å². The van der Waals surface area contributed by atoms with E-state index in [1.807, 2.05) is 80.5 Å². The number of carbonyl (C=O) groups excluding carboxylic acids is 2. The lowest BCUT2D eigenvalue weighted by atomic mass is 9.86. The Kier molecular flexibility index (Phi) is 12.3. The standard InChI is InChI=1S/C39H54N4O7S/c1-25(2)24-51(46,47)42-33-22-29(38(4,5)6)21-32(35(33)48-10)41-36(44)28-12-11-26(3)34(20-28)49-31-13-16-40-30(23-31)19-27-14-17-43(18-15-27)37(45)50-39(7,8)9/h11-13,16,20-23,25,27,42H,14-15,17-19,24H2,1-10H3,(H,41,44). The molecule has 12 heteroatoms. The molecule has 2 amide bonds. The average Bonchev–Trinajstić information content (AvgIpc) is 3.00. The Morgan fingerprint density at radius 3 is 2.25 bits per heavy atom. The second-order valence-corrected chi connectivity index (χ2v) is 17.5. The van der Waals surface area contributed by atoms with Crippen LogP contribution < -0.4 is 19.5 Å². The maximum absolute atomic E-state index is 13.7. The van der Waals surface area contributed by atoms with Crippen molar-refractivity contribution < 1.29 is 32.2 Å². The highest BCUT2D eigenvalue weighted by molar-refractivity contribution is 7.92. The van der Waals surface area contributed by atoms with Crippen molar-refractivity contribution in [2.75, 3.05) is 36.0 Å². The first-order chi connectivity index (χ1) is 23.7. The van der Waals surface area contributed by atoms with Gasteiger partial charge in [0.15, 0.2) is 5.75 Å². The molecule has 11 nitrogen and oxygen atoms in total. The van der Waals surface area contributed by atoms with Crippen LogP contribution in [0, 0.1) is 18.8 Å². The van der Waals surface area contributed by atoms with Crippen molar-refractivity contribution >= 4 is 33.4 Å². The number of rotatable bonds is 11. The van der Waals surface area contributed by atoms with E-state index in [9.17, 15) is 18.0 Å². The van der Waals surface area contributed by atoms with Gasteiger partial charge in [-0.1, -0.05) is 40.7 Å². The summed E-state index contributed by atoms with van der Waals surface area (Å²) in [5.41, 5.74) is 2.63. The number of hydrogen-bond acceptors (Lipinski definition) is 8. The van der Waals surface area contributed by atoms with E-state index >= 15 is 0 Å². The largest absolute Gasteiger partial charge is 0.492 e. The van der Waals surface area contributed by atoms with E-state index in [0.29, 0.717) is 41.8 Å². The molecule has 0 unspecified atom stereocenters. The first kappa shape index (κ1) is 39.5. The molecule has 0 spiro atoms. The highest BCUT2D eigenvalue weighted by Crippen LogP contribution is 2.40. The molecule has 1 aliphatic heterocycles. The molecule has 2 aromatic carbocycles. The van der Waals surface area contributed by atoms with Gasteiger partial charge >= 0.3 is 6.09 Å². The lowest BCUT2D eigenvalue weighted by Gasteiger charge is -2.33. The van der Waals surface area contributed by atoms with Crippen molar-refractivity contribution in [2.24, 2.45) is 11.8 Å². The number of carbonyl (C=O) groups is 2. The van der Waals surface area contributed by atoms with E-state index in [1.165, 1.54) is 7.11 Å². The number of methoxy groups -OCH3 is 1. The van der Waals surface area contributed by atoms with Gasteiger partial charge in [-0.05, 0) is 106 Å². The van der Waals surface area contributed by atoms with Crippen molar-refractivity contribution in [2.45, 2.75) is 92.6 Å². The Bertz CT molecular complexity index is 1820. The quantitative estimate of drug-likeness (QED) is 0.202. The number of anilines is 2. The molecule has 4 rings (SSSR count). The van der Waals surface area contributed by atoms with Crippen LogP contribution in [-0.4, -0.2) is 61.9 Å². The van der Waals surface area contributed by atoms with Gasteiger partial charge in [-0.15, -0.1) is 0 Å². The van der Waals surface area contributed by atoms with Crippen LogP contribution in [0.15, 0.2) is 48.7 Å². The number of pyridine rings is 1. The van der Waals surface area contributed by atoms with Crippen LogP contribution in [0.3, 0.4) is 0 Å². The summed E-state index contributed by atoms with van der Waals surface area (Å²) < 4.78 is 46.0. The normalized spacial score (nSPS) is 14.3. The van der Waals surface area contributed by atoms with Crippen LogP contribution >= 0.6 is 0 Å². The van der Waals surface area contributed by atoms with Gasteiger partial charge in [0.05, 0.1) is 24.2 Å². The topological polar surface area (TPSA) is 136 Å². The monoisotopic (exact) mass is 722 g/mol. The van der Waals surface area contributed by atoms with Crippen LogP contribution in [-0.2, 0) is 26.6 Å². The number of sulfonamides is 1. The Labute approximate surface area is 303 Å². The van der Waals surface area contributed by atoms with Gasteiger partial charge in [0.2, 0.25) is 10.0 Å². The number of aryl methyl sites for hydroxylation is 1. The Morgan fingerprint density at radius 1 is 0.980 bits per heavy atom. The highest BCUT2D eigenvalue weighted by Gasteiger charge is 2.28. The average molecular weight is 723 g/mol. The summed E-state index contributed by atoms with van der Waals surface area (Å²) in [7, 11) is -2.23. The Morgan fingerprint density at radius 2 is 1.65 bits per heavy atom. The van der Waals surface area contributed by atoms with Gasteiger partial charge in [0, 0.05) is 36.6 Å². The smallest absolute Gasteiger partial charge is 0.410 e. The van der Waals surface area contributed by atoms with Crippen molar-refractivity contribution in [1.29, 1.82) is 0 Å². The zero-order chi connectivity index (χ0) is 37.7. The molecule has 0 saturated carbocycles. The number of amides is 2. The molecule has 1 aromatic heterocycles. The fourth-order valence-electron chi connectivity index (χ4n) is 5.84. The van der Waals surface area contributed by atoms with E-state index in [0.717, 1.165) is 36.1 Å². The van der Waals surface area contributed by atoms with Crippen LogP contribution in [0.1, 0.15) is 95.4 Å². The summed E-state index contributed by atoms with van der Waals surface area (Å²) in [6.45, 7) is 18.5. The van der Waals surface area contributed by atoms with Crippen LogP contribution in [0.4, 0.5) is 16.2 Å². The number of piperidine rings is 1. The molecule has 1 saturated heterocycles. The molecule has 1 fully saturated rings. The highest BCUT2D eigenvalue weighted by atomic mass is 32.2. The van der Waals surface area contributed by atoms with Crippen LogP contribution in [0.5, 0.6) is 17.2 Å². The Hall–Kier alpha value is -4.32. The summed E-state index contributed by atoms with van der Waals surface area (Å²) in [6, 6.07) is 12.5. The van der Waals surface area contributed by atoms with Gasteiger partial charge in [-0.2, -0.15) is 0 Å². The number of aromatic nitrogens is 1. The van der Waals surface area contributed by atoms with Crippen molar-refractivity contribution in [3.05, 3.63) is 71.0 Å². The first-order valence-corrected chi connectivity index (χ1v) is 19.1. The SMILES string of the molecule is COc1c(NC(=O)c2ccc(C)c(Oc3ccnc(CC4CCN(C(=O)OC(C)(C)C)CC4)c3)c2)cc(C(C)(C)C)cc1NS(=O)(=O)CC(C)C. The van der Waals surface area contributed by atoms with E-state index in [4.69, 9.17) is 14.2 Å². The molecule has 51 heavy (non-hydrogen) atoms. The van der Waals surface area contributed by atoms with E-state index in [1.54, 1.807) is 35.4 Å². The minimum Gasteiger partial charge on any atom is -0.492 e. The van der Waals surface area contributed by atoms with Gasteiger partial charge in [-0.25, -0.2) is 13.2 Å². The summed E-state index contributed by atoms with van der Waals surface area (Å²) in [5.74, 6) is 1.16. The second-order valence-electron chi connectivity index (χ2n) is 15.8. The lowest BCUT2D eigenvalue weighted by molar-refractivity contribution is 0.0184. The molecular formula is C39H54N4O7S. The van der Waals surface area contributed by atoms with Gasteiger partial charge in [0.25, 0.3) is 5.91 Å². The summed E-state index contributed by atoms with van der Waals surface area (Å²) >= 11 is 0. The van der Waals surface area contributed by atoms with Gasteiger partial charge < -0.3 is 24.4 Å². The number of benzene rings is 2. The molecule has 3 aromatic rings. The number of nitrogens with one attached hydrogen (secondary N) is 2. The molecule has 0 radical (unpaired) electrons. The molecule has 0 atom stereocenters. The minimum absolute atomic E-state index is 0.0577. The molecule has 2 N–H and O–H groups in total. The summed E-state index contributed by atoms with van der Waals surface area (Å²) in [4.78, 5) is 32.5. The third-order valence-corrected chi connectivity index (χ3v) is 10.1. The van der Waals surface area contributed by atoms with Gasteiger partial charge in [0.1, 0.15) is 17.1 Å². The van der Waals surface area contributed by atoms with E-state index < -0.39 is 21.5 Å². The number of hydrogen-bond donors (Lipinski definition) is 2. The maximum Gasteiger partial charge on any atom is 0.410 e. The predicted molar refractivity (Wildman–Crippen MR) is 202 cm³/mol. The predicted octanol–water partition coefficient (Wildman–Crippen LogP) is 8.33. The van der Waals surface area contributed by atoms with Crippen molar-refractivity contribution in [3.63, 3.8) is 0 Å². The number of ether oxygens (including phenoxy) is 3. The molecule has 0 bridgehead atoms. The second kappa shape index (κ2) is 15.9. The number of nitrogens with zero attached hydrogens (tertiary/aromatic N) is 2. The Balaban J connectivity index is 1.50. The zero-order valence-electron chi connectivity index (χ0n) is 31.7. The fraction of sp³-hybridized carbons (Fsp3) is 0.513. The molecular weight excluding hydrogens is 669 g/mol.